The molecule has 100 valence electrons. The summed E-state index contributed by atoms with van der Waals surface area (Å²) in [4.78, 5) is 11.2. The molecule has 0 aliphatic rings. The molecule has 18 heavy (non-hydrogen) atoms. The van der Waals surface area contributed by atoms with Gasteiger partial charge in [-0.05, 0) is 24.5 Å². The zero-order valence-electron chi connectivity index (χ0n) is 11.0. The lowest BCUT2D eigenvalue weighted by molar-refractivity contribution is -0.143. The first kappa shape index (κ1) is 14.7. The lowest BCUT2D eigenvalue weighted by atomic mass is 10.1. The largest absolute Gasteiger partial charge is 0.466 e. The fraction of sp³-hybridized carbons (Fsp3) is 0.500. The van der Waals surface area contributed by atoms with Gasteiger partial charge in [0.2, 0.25) is 0 Å². The summed E-state index contributed by atoms with van der Waals surface area (Å²) >= 11 is 0. The van der Waals surface area contributed by atoms with Gasteiger partial charge in [0.05, 0.1) is 13.2 Å². The summed E-state index contributed by atoms with van der Waals surface area (Å²) in [5.41, 5.74) is 2.21. The molecule has 1 rings (SSSR count). The van der Waals surface area contributed by atoms with E-state index < -0.39 is 0 Å². The zero-order valence-corrected chi connectivity index (χ0v) is 11.0. The van der Waals surface area contributed by atoms with Crippen molar-refractivity contribution in [3.05, 3.63) is 35.4 Å². The summed E-state index contributed by atoms with van der Waals surface area (Å²) in [5, 5.41) is 0. The Morgan fingerprint density at radius 2 is 1.83 bits per heavy atom. The Bertz CT molecular complexity index is 345. The summed E-state index contributed by atoms with van der Waals surface area (Å²) < 4.78 is 14.9. The van der Waals surface area contributed by atoms with E-state index in [2.05, 4.69) is 0 Å². The fourth-order valence-electron chi connectivity index (χ4n) is 1.52. The normalized spacial score (nSPS) is 10.3. The van der Waals surface area contributed by atoms with Crippen molar-refractivity contribution < 1.29 is 19.0 Å². The first-order valence-electron chi connectivity index (χ1n) is 6.06. The average Bonchev–Trinajstić information content (AvgIpc) is 2.38. The van der Waals surface area contributed by atoms with Crippen LogP contribution in [0.2, 0.25) is 0 Å². The number of rotatable bonds is 8. The molecule has 0 unspecified atom stereocenters. The second-order valence-corrected chi connectivity index (χ2v) is 3.88. The van der Waals surface area contributed by atoms with E-state index in [9.17, 15) is 4.79 Å². The van der Waals surface area contributed by atoms with Gasteiger partial charge in [-0.2, -0.15) is 0 Å². The highest BCUT2D eigenvalue weighted by molar-refractivity contribution is 5.69. The Balaban J connectivity index is 2.33. The predicted molar refractivity (Wildman–Crippen MR) is 68.1 cm³/mol. The van der Waals surface area contributed by atoms with Crippen LogP contribution in [0, 0.1) is 0 Å². The fourth-order valence-corrected chi connectivity index (χ4v) is 1.52. The van der Waals surface area contributed by atoms with Gasteiger partial charge in [-0.1, -0.05) is 24.3 Å². The van der Waals surface area contributed by atoms with E-state index in [-0.39, 0.29) is 5.97 Å². The van der Waals surface area contributed by atoms with E-state index in [1.807, 2.05) is 31.2 Å². The van der Waals surface area contributed by atoms with E-state index in [4.69, 9.17) is 14.2 Å². The van der Waals surface area contributed by atoms with Gasteiger partial charge in [0.25, 0.3) is 0 Å². The third-order valence-electron chi connectivity index (χ3n) is 2.42. The SMILES string of the molecule is CCOC(=O)CCc1ccc(COCOC)cc1. The average molecular weight is 252 g/mol. The summed E-state index contributed by atoms with van der Waals surface area (Å²) in [5.74, 6) is -0.148. The first-order chi connectivity index (χ1) is 8.76. The molecule has 0 radical (unpaired) electrons. The Morgan fingerprint density at radius 1 is 1.17 bits per heavy atom. The van der Waals surface area contributed by atoms with Crippen molar-refractivity contribution in [2.45, 2.75) is 26.4 Å². The van der Waals surface area contributed by atoms with Gasteiger partial charge in [0, 0.05) is 13.5 Å². The van der Waals surface area contributed by atoms with Crippen molar-refractivity contribution in [2.24, 2.45) is 0 Å². The number of carbonyl (C=O) groups excluding carboxylic acids is 1. The summed E-state index contributed by atoms with van der Waals surface area (Å²) in [7, 11) is 1.60. The van der Waals surface area contributed by atoms with Crippen molar-refractivity contribution in [1.29, 1.82) is 0 Å². The van der Waals surface area contributed by atoms with Gasteiger partial charge in [-0.3, -0.25) is 4.79 Å². The number of carbonyl (C=O) groups is 1. The van der Waals surface area contributed by atoms with Crippen molar-refractivity contribution in [3.8, 4) is 0 Å². The molecule has 1 aromatic rings. The minimum atomic E-state index is -0.148. The molecule has 4 heteroatoms. The lowest BCUT2D eigenvalue weighted by Gasteiger charge is -2.05. The summed E-state index contributed by atoms with van der Waals surface area (Å²) in [6.45, 7) is 3.08. The zero-order chi connectivity index (χ0) is 13.2. The number of benzene rings is 1. The van der Waals surface area contributed by atoms with Gasteiger partial charge < -0.3 is 14.2 Å². The molecule has 0 heterocycles. The Hall–Kier alpha value is -1.39. The molecule has 0 aliphatic heterocycles. The predicted octanol–water partition coefficient (Wildman–Crippen LogP) is 2.30. The highest BCUT2D eigenvalue weighted by Gasteiger charge is 2.02. The summed E-state index contributed by atoms with van der Waals surface area (Å²) in [6, 6.07) is 8.00. The lowest BCUT2D eigenvalue weighted by Crippen LogP contribution is -2.05. The molecule has 0 spiro atoms. The molecule has 0 saturated heterocycles. The molecule has 1 aromatic carbocycles. The molecule has 0 atom stereocenters. The van der Waals surface area contributed by atoms with E-state index in [0.29, 0.717) is 32.8 Å². The van der Waals surface area contributed by atoms with Crippen molar-refractivity contribution in [3.63, 3.8) is 0 Å². The number of hydrogen-bond donors (Lipinski definition) is 0. The maximum Gasteiger partial charge on any atom is 0.306 e. The molecule has 0 aliphatic carbocycles. The molecule has 0 bridgehead atoms. The molecule has 0 aromatic heterocycles. The van der Waals surface area contributed by atoms with Crippen LogP contribution in [0.4, 0.5) is 0 Å². The van der Waals surface area contributed by atoms with Gasteiger partial charge in [-0.25, -0.2) is 0 Å². The highest BCUT2D eigenvalue weighted by atomic mass is 16.7. The van der Waals surface area contributed by atoms with E-state index in [0.717, 1.165) is 11.1 Å². The maximum absolute atomic E-state index is 11.2. The molecule has 0 N–H and O–H groups in total. The number of aryl methyl sites for hydroxylation is 1. The molecular formula is C14H20O4. The van der Waals surface area contributed by atoms with Gasteiger partial charge in [0.1, 0.15) is 6.79 Å². The minimum absolute atomic E-state index is 0.148. The maximum atomic E-state index is 11.2. The highest BCUT2D eigenvalue weighted by Crippen LogP contribution is 2.08. The van der Waals surface area contributed by atoms with Crippen LogP contribution in [0.3, 0.4) is 0 Å². The second kappa shape index (κ2) is 8.66. The van der Waals surface area contributed by atoms with Gasteiger partial charge in [0.15, 0.2) is 0 Å². The van der Waals surface area contributed by atoms with E-state index in [1.54, 1.807) is 7.11 Å². The van der Waals surface area contributed by atoms with Crippen molar-refractivity contribution in [1.82, 2.24) is 0 Å². The number of esters is 1. The van der Waals surface area contributed by atoms with Crippen LogP contribution >= 0.6 is 0 Å². The van der Waals surface area contributed by atoms with Crippen LogP contribution in [0.15, 0.2) is 24.3 Å². The van der Waals surface area contributed by atoms with Crippen LogP contribution in [0.5, 0.6) is 0 Å². The van der Waals surface area contributed by atoms with Gasteiger partial charge in [-0.15, -0.1) is 0 Å². The Kier molecular flexibility index (Phi) is 7.06. The van der Waals surface area contributed by atoms with Crippen LogP contribution in [0.25, 0.3) is 0 Å². The molecule has 0 saturated carbocycles. The van der Waals surface area contributed by atoms with E-state index in [1.165, 1.54) is 0 Å². The topological polar surface area (TPSA) is 44.8 Å². The van der Waals surface area contributed by atoms with Crippen LogP contribution < -0.4 is 0 Å². The van der Waals surface area contributed by atoms with Gasteiger partial charge >= 0.3 is 5.97 Å². The monoisotopic (exact) mass is 252 g/mol. The third kappa shape index (κ3) is 5.80. The molecule has 0 fully saturated rings. The standard InChI is InChI=1S/C14H20O4/c1-3-18-14(15)9-8-12-4-6-13(7-5-12)10-17-11-16-2/h4-7H,3,8-11H2,1-2H3. The third-order valence-corrected chi connectivity index (χ3v) is 2.42. The van der Waals surface area contributed by atoms with Crippen molar-refractivity contribution >= 4 is 5.97 Å². The molecule has 4 nitrogen and oxygen atoms in total. The summed E-state index contributed by atoms with van der Waals surface area (Å²) in [6.07, 6.45) is 1.13. The van der Waals surface area contributed by atoms with Crippen LogP contribution in [-0.4, -0.2) is 26.5 Å². The minimum Gasteiger partial charge on any atom is -0.466 e. The van der Waals surface area contributed by atoms with E-state index >= 15 is 0 Å². The second-order valence-electron chi connectivity index (χ2n) is 3.88. The van der Waals surface area contributed by atoms with Crippen LogP contribution in [0.1, 0.15) is 24.5 Å². The number of ether oxygens (including phenoxy) is 3. The number of hydrogen-bond acceptors (Lipinski definition) is 4. The molecule has 0 amide bonds. The Labute approximate surface area is 108 Å². The quantitative estimate of drug-likeness (QED) is 0.404. The van der Waals surface area contributed by atoms with Crippen LogP contribution in [-0.2, 0) is 32.0 Å². The first-order valence-corrected chi connectivity index (χ1v) is 6.06. The van der Waals surface area contributed by atoms with Crippen molar-refractivity contribution in [2.75, 3.05) is 20.5 Å². The smallest absolute Gasteiger partial charge is 0.306 e. The Morgan fingerprint density at radius 3 is 2.44 bits per heavy atom. The molecular weight excluding hydrogens is 232 g/mol. The number of methoxy groups -OCH3 is 1.